The highest BCUT2D eigenvalue weighted by Crippen LogP contribution is 2.38. The fraction of sp³-hybridized carbons (Fsp3) is 0.105. The van der Waals surface area contributed by atoms with Crippen LogP contribution in [0.5, 0.6) is 5.88 Å². The molecule has 0 spiro atoms. The second kappa shape index (κ2) is 6.18. The smallest absolute Gasteiger partial charge is 0.207 e. The van der Waals surface area contributed by atoms with Crippen LogP contribution < -0.4 is 10.2 Å². The molecule has 0 aliphatic carbocycles. The van der Waals surface area contributed by atoms with Gasteiger partial charge in [0, 0.05) is 10.9 Å². The number of pyridine rings is 1. The topological polar surface area (TPSA) is 78.9 Å². The maximum absolute atomic E-state index is 14.9. The second-order valence-electron chi connectivity index (χ2n) is 5.90. The number of hydrogen-bond acceptors (Lipinski definition) is 4. The molecule has 2 aromatic carbocycles. The van der Waals surface area contributed by atoms with E-state index >= 15 is 0 Å². The summed E-state index contributed by atoms with van der Waals surface area (Å²) in [7, 11) is 0. The Balaban J connectivity index is 2.23. The molecule has 134 valence electrons. The van der Waals surface area contributed by atoms with Crippen LogP contribution in [0.3, 0.4) is 0 Å². The van der Waals surface area contributed by atoms with Crippen LogP contribution in [0.15, 0.2) is 30.3 Å². The Morgan fingerprint density at radius 3 is 2.59 bits per heavy atom. The minimum atomic E-state index is -1.27. The van der Waals surface area contributed by atoms with Crippen molar-refractivity contribution in [2.45, 2.75) is 6.54 Å². The van der Waals surface area contributed by atoms with Gasteiger partial charge in [0.15, 0.2) is 17.4 Å². The molecular weight excluding hydrogens is 376 g/mol. The third kappa shape index (κ3) is 2.34. The van der Waals surface area contributed by atoms with E-state index < -0.39 is 28.0 Å². The van der Waals surface area contributed by atoms with Crippen molar-refractivity contribution in [2.24, 2.45) is 0 Å². The van der Waals surface area contributed by atoms with Gasteiger partial charge < -0.3 is 4.74 Å². The first-order chi connectivity index (χ1) is 13.0. The lowest BCUT2D eigenvalue weighted by Crippen LogP contribution is -2.23. The highest BCUT2D eigenvalue weighted by molar-refractivity contribution is 6.38. The lowest BCUT2D eigenvalue weighted by atomic mass is 9.96. The van der Waals surface area contributed by atoms with E-state index in [2.05, 4.69) is 0 Å². The molecule has 0 saturated carbocycles. The quantitative estimate of drug-likeness (QED) is 0.541. The summed E-state index contributed by atoms with van der Waals surface area (Å²) in [6.45, 7) is 0.388. The first kappa shape index (κ1) is 17.2. The van der Waals surface area contributed by atoms with Crippen LogP contribution in [0.1, 0.15) is 21.5 Å². The van der Waals surface area contributed by atoms with Crippen LogP contribution in [-0.2, 0) is 6.54 Å². The first-order valence-corrected chi connectivity index (χ1v) is 8.29. The van der Waals surface area contributed by atoms with Crippen LogP contribution in [0.4, 0.5) is 8.78 Å². The molecule has 1 aromatic heterocycles. The number of nitrogens with one attached hydrogen (secondary N) is 1. The molecule has 5 nitrogen and oxygen atoms in total. The number of carbonyl (C=O) groups excluding carboxylic acids is 1. The van der Waals surface area contributed by atoms with Gasteiger partial charge in [0.2, 0.25) is 5.88 Å². The number of hydrogen-bond donors (Lipinski definition) is 1. The van der Waals surface area contributed by atoms with Gasteiger partial charge in [-0.2, -0.15) is 5.26 Å². The summed E-state index contributed by atoms with van der Waals surface area (Å²) in [4.78, 5) is 13.1. The normalized spacial score (nSPS) is 12.5. The molecule has 3 aromatic rings. The van der Waals surface area contributed by atoms with Crippen molar-refractivity contribution < 1.29 is 18.3 Å². The Bertz CT molecular complexity index is 1230. The van der Waals surface area contributed by atoms with E-state index in [0.29, 0.717) is 0 Å². The number of nitriles is 1. The van der Waals surface area contributed by atoms with Gasteiger partial charge in [-0.1, -0.05) is 41.9 Å². The molecule has 1 N–H and O–H groups in total. The first-order valence-electron chi connectivity index (χ1n) is 7.91. The molecule has 0 radical (unpaired) electrons. The Labute approximate surface area is 156 Å². The van der Waals surface area contributed by atoms with Gasteiger partial charge in [-0.3, -0.25) is 14.8 Å². The minimum absolute atomic E-state index is 0.0340. The summed E-state index contributed by atoms with van der Waals surface area (Å²) in [6, 6.07) is 9.57. The number of benzene rings is 2. The Kier molecular flexibility index (Phi) is 3.93. The number of rotatable bonds is 2. The Morgan fingerprint density at radius 2 is 1.93 bits per heavy atom. The van der Waals surface area contributed by atoms with Crippen LogP contribution in [0.2, 0.25) is 5.02 Å². The van der Waals surface area contributed by atoms with Crippen LogP contribution in [0.25, 0.3) is 10.8 Å². The monoisotopic (exact) mass is 385 g/mol. The molecule has 0 saturated heterocycles. The summed E-state index contributed by atoms with van der Waals surface area (Å²) in [6.07, 6.45) is 0. The maximum Gasteiger partial charge on any atom is 0.207 e. The summed E-state index contributed by atoms with van der Waals surface area (Å²) in [5.41, 5.74) is -1.08. The largest absolute Gasteiger partial charge is 0.476 e. The molecule has 0 atom stereocenters. The lowest BCUT2D eigenvalue weighted by Gasteiger charge is -2.15. The molecule has 0 fully saturated rings. The van der Waals surface area contributed by atoms with E-state index in [9.17, 15) is 13.6 Å². The molecule has 0 bridgehead atoms. The van der Waals surface area contributed by atoms with Crippen molar-refractivity contribution in [1.82, 2.24) is 4.57 Å². The second-order valence-corrected chi connectivity index (χ2v) is 6.28. The molecule has 4 rings (SSSR count). The zero-order valence-electron chi connectivity index (χ0n) is 13.6. The molecule has 8 heteroatoms. The van der Waals surface area contributed by atoms with Gasteiger partial charge in [-0.05, 0) is 0 Å². The molecule has 0 unspecified atom stereocenters. The summed E-state index contributed by atoms with van der Waals surface area (Å²) in [5.74, 6) is -3.00. The van der Waals surface area contributed by atoms with Crippen LogP contribution >= 0.6 is 11.6 Å². The van der Waals surface area contributed by atoms with E-state index in [-0.39, 0.29) is 46.4 Å². The van der Waals surface area contributed by atoms with E-state index in [0.717, 1.165) is 0 Å². The van der Waals surface area contributed by atoms with Gasteiger partial charge in [0.05, 0.1) is 22.5 Å². The van der Waals surface area contributed by atoms with Crippen molar-refractivity contribution in [3.05, 3.63) is 69.2 Å². The molecule has 27 heavy (non-hydrogen) atoms. The fourth-order valence-electron chi connectivity index (χ4n) is 3.24. The number of nitrogens with zero attached hydrogens (tertiary/aromatic N) is 2. The number of halogens is 3. The van der Waals surface area contributed by atoms with Crippen LogP contribution in [0, 0.1) is 28.4 Å². The number of carbonyl (C=O) groups is 1. The summed E-state index contributed by atoms with van der Waals surface area (Å²) in [5, 5.41) is 16.1. The molecule has 0 amide bonds. The molecule has 1 aliphatic heterocycles. The Hall–Kier alpha value is -3.24. The third-order valence-corrected chi connectivity index (χ3v) is 4.82. The summed E-state index contributed by atoms with van der Waals surface area (Å²) < 4.78 is 36.2. The number of fused-ring (bicyclic) bond motifs is 2. The van der Waals surface area contributed by atoms with Crippen molar-refractivity contribution in [3.8, 4) is 11.9 Å². The zero-order chi connectivity index (χ0) is 19.3. The zero-order valence-corrected chi connectivity index (χ0v) is 14.4. The Morgan fingerprint density at radius 1 is 1.22 bits per heavy atom. The fourth-order valence-corrected chi connectivity index (χ4v) is 3.52. The van der Waals surface area contributed by atoms with E-state index in [1.165, 1.54) is 10.6 Å². The summed E-state index contributed by atoms with van der Waals surface area (Å²) >= 11 is 6.10. The van der Waals surface area contributed by atoms with Gasteiger partial charge in [0.1, 0.15) is 23.7 Å². The number of ketones is 1. The SMILES string of the molecule is N#Cc1c(F)c(Cl)c2c(C(=O)c3ccccc3)c3n(c(=N)c2c1F)CCO3. The van der Waals surface area contributed by atoms with E-state index in [1.54, 1.807) is 30.3 Å². The standard InChI is InChI=1S/C19H10ClF2N3O2/c20-14-11-12(15(21)10(8-23)16(14)22)18(24)25-6-7-27-19(25)13(11)17(26)9-4-2-1-3-5-9/h1-5,24H,6-7H2. The van der Waals surface area contributed by atoms with Crippen molar-refractivity contribution >= 4 is 28.2 Å². The van der Waals surface area contributed by atoms with E-state index in [4.69, 9.17) is 27.0 Å². The number of aromatic nitrogens is 1. The number of ether oxygens (including phenoxy) is 1. The molecule has 2 heterocycles. The van der Waals surface area contributed by atoms with Gasteiger partial charge in [0.25, 0.3) is 0 Å². The van der Waals surface area contributed by atoms with Crippen molar-refractivity contribution in [3.63, 3.8) is 0 Å². The lowest BCUT2D eigenvalue weighted by molar-refractivity contribution is 0.103. The average Bonchev–Trinajstić information content (AvgIpc) is 3.17. The van der Waals surface area contributed by atoms with Gasteiger partial charge >= 0.3 is 0 Å². The average molecular weight is 386 g/mol. The third-order valence-electron chi connectivity index (χ3n) is 4.46. The maximum atomic E-state index is 14.9. The predicted octanol–water partition coefficient (Wildman–Crippen LogP) is 3.55. The van der Waals surface area contributed by atoms with Crippen molar-refractivity contribution in [1.29, 1.82) is 10.7 Å². The van der Waals surface area contributed by atoms with Gasteiger partial charge in [-0.25, -0.2) is 8.78 Å². The van der Waals surface area contributed by atoms with Gasteiger partial charge in [-0.15, -0.1) is 0 Å². The van der Waals surface area contributed by atoms with Crippen LogP contribution in [-0.4, -0.2) is 17.0 Å². The highest BCUT2D eigenvalue weighted by atomic mass is 35.5. The highest BCUT2D eigenvalue weighted by Gasteiger charge is 2.31. The van der Waals surface area contributed by atoms with Crippen molar-refractivity contribution in [2.75, 3.05) is 6.61 Å². The predicted molar refractivity (Wildman–Crippen MR) is 92.8 cm³/mol. The molecular formula is C19H10ClF2N3O2. The minimum Gasteiger partial charge on any atom is -0.476 e. The van der Waals surface area contributed by atoms with E-state index in [1.807, 2.05) is 0 Å². The molecule has 1 aliphatic rings.